The summed E-state index contributed by atoms with van der Waals surface area (Å²) in [4.78, 5) is 30.6. The molecule has 2 bridgehead atoms. The summed E-state index contributed by atoms with van der Waals surface area (Å²) in [5, 5.41) is 9.57. The van der Waals surface area contributed by atoms with Crippen LogP contribution < -0.4 is 15.6 Å². The minimum atomic E-state index is -0.608. The molecule has 34 heavy (non-hydrogen) atoms. The number of carbonyl (C=O) groups is 1. The van der Waals surface area contributed by atoms with Gasteiger partial charge >= 0.3 is 6.03 Å². The van der Waals surface area contributed by atoms with Crippen LogP contribution in [0.3, 0.4) is 0 Å². The zero-order chi connectivity index (χ0) is 24.0. The molecular formula is C24H23ClFN5O3. The molecule has 8 nitrogen and oxygen atoms in total. The quantitative estimate of drug-likeness (QED) is 0.560. The first-order valence-corrected chi connectivity index (χ1v) is 11.5. The molecule has 2 aliphatic heterocycles. The number of H-pyrrole nitrogens is 1. The van der Waals surface area contributed by atoms with Crippen molar-refractivity contribution in [3.8, 4) is 17.0 Å². The SMILES string of the molecule is CC(C)Oc1cc(-c2cc(F)c(NC(=O)N3[C@H]4CC[C@@H]3c3n[nH]c(=O)cc3C4)cc2Cl)ccn1. The molecule has 0 radical (unpaired) electrons. The predicted molar refractivity (Wildman–Crippen MR) is 126 cm³/mol. The number of nitrogens with zero attached hydrogens (tertiary/aromatic N) is 3. The van der Waals surface area contributed by atoms with E-state index in [0.717, 1.165) is 18.4 Å². The van der Waals surface area contributed by atoms with Crippen LogP contribution in [0, 0.1) is 5.82 Å². The summed E-state index contributed by atoms with van der Waals surface area (Å²) in [6.45, 7) is 3.78. The molecule has 1 fully saturated rings. The first kappa shape index (κ1) is 22.3. The Morgan fingerprint density at radius 3 is 2.91 bits per heavy atom. The van der Waals surface area contributed by atoms with Gasteiger partial charge in [-0.05, 0) is 62.4 Å². The van der Waals surface area contributed by atoms with Crippen molar-refractivity contribution in [1.82, 2.24) is 20.1 Å². The van der Waals surface area contributed by atoms with Crippen LogP contribution in [0.25, 0.3) is 11.1 Å². The number of nitrogens with one attached hydrogen (secondary N) is 2. The number of ether oxygens (including phenoxy) is 1. The van der Waals surface area contributed by atoms with E-state index in [1.807, 2.05) is 13.8 Å². The van der Waals surface area contributed by atoms with Gasteiger partial charge in [-0.25, -0.2) is 19.3 Å². The lowest BCUT2D eigenvalue weighted by molar-refractivity contribution is 0.177. The molecule has 176 valence electrons. The molecule has 0 spiro atoms. The number of hydrogen-bond acceptors (Lipinski definition) is 5. The van der Waals surface area contributed by atoms with E-state index in [-0.39, 0.29) is 34.5 Å². The molecule has 0 unspecified atom stereocenters. The number of hydrogen-bond donors (Lipinski definition) is 2. The minimum absolute atomic E-state index is 0.00825. The average molecular weight is 484 g/mol. The molecule has 1 saturated heterocycles. The Bertz CT molecular complexity index is 1330. The highest BCUT2D eigenvalue weighted by Crippen LogP contribution is 2.43. The van der Waals surface area contributed by atoms with E-state index in [1.54, 1.807) is 23.2 Å². The van der Waals surface area contributed by atoms with Crippen LogP contribution in [0.1, 0.15) is 44.0 Å². The van der Waals surface area contributed by atoms with Gasteiger partial charge in [-0.3, -0.25) is 4.79 Å². The van der Waals surface area contributed by atoms with E-state index < -0.39 is 11.8 Å². The summed E-state index contributed by atoms with van der Waals surface area (Å²) in [5.41, 5.74) is 2.40. The third-order valence-electron chi connectivity index (χ3n) is 6.13. The van der Waals surface area contributed by atoms with Crippen LogP contribution in [0.4, 0.5) is 14.9 Å². The molecule has 1 aromatic carbocycles. The fraction of sp³-hybridized carbons (Fsp3) is 0.333. The number of amides is 2. The van der Waals surface area contributed by atoms with E-state index >= 15 is 4.39 Å². The van der Waals surface area contributed by atoms with Gasteiger partial charge in [0.05, 0.1) is 28.5 Å². The number of carbonyl (C=O) groups excluding carboxylic acids is 1. The smallest absolute Gasteiger partial charge is 0.322 e. The molecule has 2 amide bonds. The van der Waals surface area contributed by atoms with Gasteiger partial charge in [-0.2, -0.15) is 5.10 Å². The van der Waals surface area contributed by atoms with Gasteiger partial charge in [0.25, 0.3) is 5.56 Å². The molecule has 10 heteroatoms. The third-order valence-corrected chi connectivity index (χ3v) is 6.44. The summed E-state index contributed by atoms with van der Waals surface area (Å²) < 4.78 is 20.7. The highest BCUT2D eigenvalue weighted by molar-refractivity contribution is 6.33. The summed E-state index contributed by atoms with van der Waals surface area (Å²) in [6, 6.07) is 6.88. The van der Waals surface area contributed by atoms with Crippen molar-refractivity contribution in [3.05, 3.63) is 69.0 Å². The van der Waals surface area contributed by atoms with Gasteiger partial charge in [0.15, 0.2) is 0 Å². The molecule has 3 aromatic rings. The average Bonchev–Trinajstić information content (AvgIpc) is 3.10. The van der Waals surface area contributed by atoms with Crippen molar-refractivity contribution in [2.24, 2.45) is 0 Å². The van der Waals surface area contributed by atoms with Gasteiger partial charge in [0, 0.05) is 29.9 Å². The Balaban J connectivity index is 1.39. The lowest BCUT2D eigenvalue weighted by Crippen LogP contribution is -2.45. The summed E-state index contributed by atoms with van der Waals surface area (Å²) >= 11 is 6.48. The van der Waals surface area contributed by atoms with Gasteiger partial charge in [-0.1, -0.05) is 11.6 Å². The second-order valence-electron chi connectivity index (χ2n) is 8.79. The fourth-order valence-electron chi connectivity index (χ4n) is 4.74. The first-order chi connectivity index (χ1) is 16.3. The van der Waals surface area contributed by atoms with Crippen LogP contribution in [0.15, 0.2) is 41.3 Å². The molecule has 0 aliphatic carbocycles. The van der Waals surface area contributed by atoms with Crippen LogP contribution in [0.5, 0.6) is 5.88 Å². The number of aromatic nitrogens is 3. The number of fused-ring (bicyclic) bond motifs is 4. The lowest BCUT2D eigenvalue weighted by atomic mass is 9.99. The van der Waals surface area contributed by atoms with Crippen molar-refractivity contribution in [1.29, 1.82) is 0 Å². The molecule has 2 N–H and O–H groups in total. The maximum atomic E-state index is 15.1. The lowest BCUT2D eigenvalue weighted by Gasteiger charge is -2.35. The normalized spacial score (nSPS) is 18.7. The fourth-order valence-corrected chi connectivity index (χ4v) is 5.02. The highest BCUT2D eigenvalue weighted by atomic mass is 35.5. The van der Waals surface area contributed by atoms with Crippen molar-refractivity contribution in [3.63, 3.8) is 0 Å². The zero-order valence-electron chi connectivity index (χ0n) is 18.6. The van der Waals surface area contributed by atoms with E-state index in [2.05, 4.69) is 20.5 Å². The maximum absolute atomic E-state index is 15.1. The first-order valence-electron chi connectivity index (χ1n) is 11.1. The predicted octanol–water partition coefficient (Wildman–Crippen LogP) is 4.71. The Hall–Kier alpha value is -3.46. The second kappa shape index (κ2) is 8.72. The number of benzene rings is 1. The maximum Gasteiger partial charge on any atom is 0.322 e. The van der Waals surface area contributed by atoms with Crippen molar-refractivity contribution in [2.45, 2.75) is 51.3 Å². The van der Waals surface area contributed by atoms with Crippen LogP contribution >= 0.6 is 11.6 Å². The highest BCUT2D eigenvalue weighted by Gasteiger charge is 2.44. The van der Waals surface area contributed by atoms with E-state index in [4.69, 9.17) is 16.3 Å². The number of anilines is 1. The minimum Gasteiger partial charge on any atom is -0.475 e. The third kappa shape index (κ3) is 4.11. The number of pyridine rings is 1. The van der Waals surface area contributed by atoms with Crippen molar-refractivity contribution >= 4 is 23.3 Å². The van der Waals surface area contributed by atoms with Crippen molar-refractivity contribution < 1.29 is 13.9 Å². The summed E-state index contributed by atoms with van der Waals surface area (Å²) in [5.74, 6) is -0.194. The molecule has 2 aliphatic rings. The number of halogens is 2. The van der Waals surface area contributed by atoms with Gasteiger partial charge in [0.1, 0.15) is 5.82 Å². The van der Waals surface area contributed by atoms with Crippen molar-refractivity contribution in [2.75, 3.05) is 5.32 Å². The van der Waals surface area contributed by atoms with Crippen LogP contribution in [-0.4, -0.2) is 38.3 Å². The molecule has 5 rings (SSSR count). The van der Waals surface area contributed by atoms with E-state index in [9.17, 15) is 9.59 Å². The molecule has 4 heterocycles. The Morgan fingerprint density at radius 2 is 2.12 bits per heavy atom. The number of aromatic amines is 1. The summed E-state index contributed by atoms with van der Waals surface area (Å²) in [6.07, 6.45) is 3.58. The standard InChI is InChI=1S/C24H23ClFN5O3/c1-12(2)34-22-9-13(5-6-27-22)16-10-18(26)19(11-17(16)25)28-24(33)31-15-3-4-20(31)23-14(7-15)8-21(32)29-30-23/h5-6,8-12,15,20H,3-4,7H2,1-2H3,(H,28,33)(H,29,32)/t15-,20+/m0/s1. The van der Waals surface area contributed by atoms with E-state index in [0.29, 0.717) is 29.1 Å². The van der Waals surface area contributed by atoms with Crippen LogP contribution in [0.2, 0.25) is 5.02 Å². The number of rotatable bonds is 4. The monoisotopic (exact) mass is 483 g/mol. The largest absolute Gasteiger partial charge is 0.475 e. The zero-order valence-corrected chi connectivity index (χ0v) is 19.4. The second-order valence-corrected chi connectivity index (χ2v) is 9.20. The summed E-state index contributed by atoms with van der Waals surface area (Å²) in [7, 11) is 0. The Morgan fingerprint density at radius 1 is 1.29 bits per heavy atom. The van der Waals surface area contributed by atoms with E-state index in [1.165, 1.54) is 18.2 Å². The Kier molecular flexibility index (Phi) is 5.73. The van der Waals surface area contributed by atoms with Gasteiger partial charge in [0.2, 0.25) is 5.88 Å². The number of urea groups is 1. The van der Waals surface area contributed by atoms with Crippen LogP contribution in [-0.2, 0) is 6.42 Å². The molecular weight excluding hydrogens is 461 g/mol. The molecule has 0 saturated carbocycles. The molecule has 2 aromatic heterocycles. The molecule has 2 atom stereocenters. The van der Waals surface area contributed by atoms with Gasteiger partial charge < -0.3 is 15.0 Å². The topological polar surface area (TPSA) is 100 Å². The van der Waals surface area contributed by atoms with Gasteiger partial charge in [-0.15, -0.1) is 0 Å². The Labute approximate surface area is 200 Å².